The van der Waals surface area contributed by atoms with Crippen molar-refractivity contribution in [3.8, 4) is 0 Å². The summed E-state index contributed by atoms with van der Waals surface area (Å²) >= 11 is 0. The number of rotatable bonds is 0. The minimum atomic E-state index is 0.433. The number of nitrogens with zero attached hydrogens (tertiary/aromatic N) is 2. The van der Waals surface area contributed by atoms with Crippen LogP contribution < -0.4 is 5.73 Å². The molecule has 0 unspecified atom stereocenters. The lowest BCUT2D eigenvalue weighted by molar-refractivity contribution is 1.34. The minimum Gasteiger partial charge on any atom is -0.369 e. The van der Waals surface area contributed by atoms with E-state index >= 15 is 0 Å². The van der Waals surface area contributed by atoms with Crippen molar-refractivity contribution in [2.75, 3.05) is 5.73 Å². The third-order valence-electron chi connectivity index (χ3n) is 2.04. The first-order chi connectivity index (χ1) is 6.33. The molecule has 5 nitrogen and oxygen atoms in total. The predicted molar refractivity (Wildman–Crippen MR) is 50.2 cm³/mol. The van der Waals surface area contributed by atoms with Gasteiger partial charge in [-0.2, -0.15) is 0 Å². The zero-order valence-electron chi connectivity index (χ0n) is 6.70. The van der Waals surface area contributed by atoms with Crippen molar-refractivity contribution in [3.63, 3.8) is 0 Å². The van der Waals surface area contributed by atoms with Crippen LogP contribution in [0.1, 0.15) is 0 Å². The van der Waals surface area contributed by atoms with Crippen molar-refractivity contribution in [2.24, 2.45) is 0 Å². The molecule has 0 saturated heterocycles. The number of anilines is 1. The van der Waals surface area contributed by atoms with E-state index in [1.807, 2.05) is 12.1 Å². The van der Waals surface area contributed by atoms with Crippen LogP contribution in [0.3, 0.4) is 0 Å². The number of benzene rings is 1. The summed E-state index contributed by atoms with van der Waals surface area (Å²) in [7, 11) is 0. The van der Waals surface area contributed by atoms with Crippen LogP contribution in [0, 0.1) is 0 Å². The van der Waals surface area contributed by atoms with Crippen LogP contribution >= 0.6 is 0 Å². The maximum Gasteiger partial charge on any atom is 0.198 e. The van der Waals surface area contributed by atoms with E-state index in [0.29, 0.717) is 5.95 Å². The Morgan fingerprint density at radius 1 is 1.15 bits per heavy atom. The summed E-state index contributed by atoms with van der Waals surface area (Å²) in [6, 6.07) is 3.84. The first-order valence-corrected chi connectivity index (χ1v) is 3.91. The van der Waals surface area contributed by atoms with E-state index in [0.717, 1.165) is 22.1 Å². The van der Waals surface area contributed by atoms with E-state index in [2.05, 4.69) is 19.9 Å². The second kappa shape index (κ2) is 2.01. The number of fused-ring (bicyclic) bond motifs is 2. The fourth-order valence-corrected chi connectivity index (χ4v) is 1.46. The summed E-state index contributed by atoms with van der Waals surface area (Å²) in [6.07, 6.45) is 1.66. The van der Waals surface area contributed by atoms with Crippen molar-refractivity contribution in [3.05, 3.63) is 18.5 Å². The van der Waals surface area contributed by atoms with Gasteiger partial charge in [-0.3, -0.25) is 0 Å². The Balaban J connectivity index is 2.54. The number of nitrogens with one attached hydrogen (secondary N) is 2. The predicted octanol–water partition coefficient (Wildman–Crippen LogP) is 1.02. The maximum atomic E-state index is 5.52. The average molecular weight is 173 g/mol. The van der Waals surface area contributed by atoms with Crippen LogP contribution in [-0.4, -0.2) is 19.9 Å². The zero-order valence-corrected chi connectivity index (χ0v) is 6.70. The lowest BCUT2D eigenvalue weighted by atomic mass is 10.3. The number of aromatic nitrogens is 4. The highest BCUT2D eigenvalue weighted by atomic mass is 15.0. The van der Waals surface area contributed by atoms with Gasteiger partial charge in [0.2, 0.25) is 0 Å². The number of H-pyrrole nitrogens is 2. The topological polar surface area (TPSA) is 83.4 Å². The Bertz CT molecular complexity index is 528. The van der Waals surface area contributed by atoms with Crippen molar-refractivity contribution >= 4 is 28.0 Å². The SMILES string of the molecule is Nc1nc2cc3nc[nH]c3cc2[nH]1. The molecule has 5 heteroatoms. The van der Waals surface area contributed by atoms with Crippen molar-refractivity contribution < 1.29 is 0 Å². The molecule has 0 fully saturated rings. The van der Waals surface area contributed by atoms with Crippen LogP contribution in [0.5, 0.6) is 0 Å². The third kappa shape index (κ3) is 0.807. The molecule has 0 aliphatic rings. The summed E-state index contributed by atoms with van der Waals surface area (Å²) in [6.45, 7) is 0. The van der Waals surface area contributed by atoms with Crippen molar-refractivity contribution in [1.82, 2.24) is 19.9 Å². The Labute approximate surface area is 73.0 Å². The van der Waals surface area contributed by atoms with Gasteiger partial charge in [0.15, 0.2) is 5.95 Å². The van der Waals surface area contributed by atoms with Gasteiger partial charge in [0.1, 0.15) is 0 Å². The van der Waals surface area contributed by atoms with Crippen molar-refractivity contribution in [2.45, 2.75) is 0 Å². The number of nitrogen functional groups attached to an aromatic ring is 1. The number of imidazole rings is 2. The van der Waals surface area contributed by atoms with E-state index in [1.54, 1.807) is 6.33 Å². The van der Waals surface area contributed by atoms with Gasteiger partial charge in [-0.25, -0.2) is 9.97 Å². The summed E-state index contributed by atoms with van der Waals surface area (Å²) in [4.78, 5) is 14.2. The number of nitrogens with two attached hydrogens (primary N) is 1. The van der Waals surface area contributed by atoms with Crippen LogP contribution in [0.15, 0.2) is 18.5 Å². The Hall–Kier alpha value is -2.04. The molecule has 0 radical (unpaired) electrons. The molecule has 3 aromatic rings. The van der Waals surface area contributed by atoms with Gasteiger partial charge >= 0.3 is 0 Å². The molecular formula is C8H7N5. The fraction of sp³-hybridized carbons (Fsp3) is 0. The van der Waals surface area contributed by atoms with Gasteiger partial charge in [-0.05, 0) is 12.1 Å². The number of hydrogen-bond acceptors (Lipinski definition) is 3. The molecule has 0 atom stereocenters. The number of aromatic amines is 2. The second-order valence-corrected chi connectivity index (χ2v) is 2.91. The summed E-state index contributed by atoms with van der Waals surface area (Å²) < 4.78 is 0. The largest absolute Gasteiger partial charge is 0.369 e. The van der Waals surface area contributed by atoms with Gasteiger partial charge in [-0.15, -0.1) is 0 Å². The monoisotopic (exact) mass is 173 g/mol. The normalized spacial score (nSPS) is 11.4. The molecule has 13 heavy (non-hydrogen) atoms. The van der Waals surface area contributed by atoms with E-state index in [1.165, 1.54) is 0 Å². The van der Waals surface area contributed by atoms with Gasteiger partial charge < -0.3 is 15.7 Å². The second-order valence-electron chi connectivity index (χ2n) is 2.91. The lowest BCUT2D eigenvalue weighted by Crippen LogP contribution is -1.84. The Morgan fingerprint density at radius 2 is 2.08 bits per heavy atom. The van der Waals surface area contributed by atoms with Gasteiger partial charge in [-0.1, -0.05) is 0 Å². The molecule has 0 spiro atoms. The third-order valence-corrected chi connectivity index (χ3v) is 2.04. The van der Waals surface area contributed by atoms with Crippen LogP contribution in [0.4, 0.5) is 5.95 Å². The zero-order chi connectivity index (χ0) is 8.84. The molecule has 2 aromatic heterocycles. The molecule has 2 heterocycles. The Morgan fingerprint density at radius 3 is 3.00 bits per heavy atom. The molecule has 0 saturated carbocycles. The maximum absolute atomic E-state index is 5.52. The Kier molecular flexibility index (Phi) is 0.999. The van der Waals surface area contributed by atoms with Crippen LogP contribution in [0.25, 0.3) is 22.1 Å². The molecular weight excluding hydrogens is 166 g/mol. The number of hydrogen-bond donors (Lipinski definition) is 3. The van der Waals surface area contributed by atoms with Crippen LogP contribution in [-0.2, 0) is 0 Å². The molecule has 4 N–H and O–H groups in total. The molecule has 1 aromatic carbocycles. The van der Waals surface area contributed by atoms with E-state index < -0.39 is 0 Å². The standard InChI is InChI=1S/C8H7N5/c9-8-12-6-1-4-5(11-3-10-4)2-7(6)13-8/h1-3H,(H,10,11)(H3,9,12,13). The lowest BCUT2D eigenvalue weighted by Gasteiger charge is -1.87. The average Bonchev–Trinajstić information content (AvgIpc) is 2.63. The fourth-order valence-electron chi connectivity index (χ4n) is 1.46. The van der Waals surface area contributed by atoms with Crippen molar-refractivity contribution in [1.29, 1.82) is 0 Å². The van der Waals surface area contributed by atoms with Gasteiger partial charge in [0.05, 0.1) is 28.4 Å². The molecule has 0 bridgehead atoms. The first-order valence-electron chi connectivity index (χ1n) is 3.91. The first kappa shape index (κ1) is 6.47. The minimum absolute atomic E-state index is 0.433. The summed E-state index contributed by atoms with van der Waals surface area (Å²) in [5.74, 6) is 0.433. The molecule has 0 aliphatic heterocycles. The molecule has 0 amide bonds. The summed E-state index contributed by atoms with van der Waals surface area (Å²) in [5.41, 5.74) is 9.18. The smallest absolute Gasteiger partial charge is 0.198 e. The highest BCUT2D eigenvalue weighted by Crippen LogP contribution is 2.18. The molecule has 3 rings (SSSR count). The van der Waals surface area contributed by atoms with Crippen LogP contribution in [0.2, 0.25) is 0 Å². The van der Waals surface area contributed by atoms with E-state index in [4.69, 9.17) is 5.73 Å². The van der Waals surface area contributed by atoms with E-state index in [9.17, 15) is 0 Å². The quantitative estimate of drug-likeness (QED) is 0.474. The molecule has 64 valence electrons. The highest BCUT2D eigenvalue weighted by Gasteiger charge is 2.02. The van der Waals surface area contributed by atoms with E-state index in [-0.39, 0.29) is 0 Å². The molecule has 0 aliphatic carbocycles. The summed E-state index contributed by atoms with van der Waals surface area (Å²) in [5, 5.41) is 0. The van der Waals surface area contributed by atoms with Gasteiger partial charge in [0, 0.05) is 0 Å². The highest BCUT2D eigenvalue weighted by molar-refractivity contribution is 5.91. The van der Waals surface area contributed by atoms with Gasteiger partial charge in [0.25, 0.3) is 0 Å².